The second-order valence-corrected chi connectivity index (χ2v) is 10.5. The van der Waals surface area contributed by atoms with E-state index >= 15 is 0 Å². The van der Waals surface area contributed by atoms with E-state index in [9.17, 15) is 23.2 Å². The van der Waals surface area contributed by atoms with Crippen molar-refractivity contribution in [3.8, 4) is 0 Å². The summed E-state index contributed by atoms with van der Waals surface area (Å²) in [5.41, 5.74) is 0.449. The van der Waals surface area contributed by atoms with Crippen molar-refractivity contribution in [1.29, 1.82) is 0 Å². The Morgan fingerprint density at radius 2 is 1.23 bits per heavy atom. The Balaban J connectivity index is 0.00000900. The van der Waals surface area contributed by atoms with Crippen molar-refractivity contribution < 1.29 is 74.6 Å². The molecule has 0 spiro atoms. The standard InChI is InChI=1S/C24H44O5S.K/c1-2-3-4-5-6-7-8-9-10-11-12-13-14-15-16-17-18-22-21-24(26,30(27,28)29)20-19-23(22)25;/h19-20,25-26H,2-18,21H2,1H3,(H,27,28,29);/q;+1/p-1. The van der Waals surface area contributed by atoms with Gasteiger partial charge in [-0.15, -0.1) is 0 Å². The summed E-state index contributed by atoms with van der Waals surface area (Å²) < 4.78 is 33.7. The first-order valence-electron chi connectivity index (χ1n) is 12.1. The Bertz CT molecular complexity index is 630. The predicted octanol–water partition coefficient (Wildman–Crippen LogP) is 3.65. The molecule has 0 aliphatic heterocycles. The Morgan fingerprint density at radius 1 is 0.839 bits per heavy atom. The van der Waals surface area contributed by atoms with Crippen LogP contribution in [0.15, 0.2) is 23.5 Å². The second kappa shape index (κ2) is 18.2. The molecule has 0 aromatic rings. The van der Waals surface area contributed by atoms with Crippen LogP contribution in [0, 0.1) is 0 Å². The fourth-order valence-corrected chi connectivity index (χ4v) is 4.64. The van der Waals surface area contributed by atoms with Gasteiger partial charge in [0.15, 0.2) is 4.93 Å². The molecule has 0 bridgehead atoms. The van der Waals surface area contributed by atoms with Crippen LogP contribution in [0.5, 0.6) is 0 Å². The summed E-state index contributed by atoms with van der Waals surface area (Å²) in [7, 11) is -4.87. The smallest absolute Gasteiger partial charge is 0.745 e. The zero-order chi connectivity index (χ0) is 22.3. The normalized spacial score (nSPS) is 18.9. The third-order valence-corrected chi connectivity index (χ3v) is 7.24. The quantitative estimate of drug-likeness (QED) is 0.177. The molecule has 0 amide bonds. The molecule has 2 N–H and O–H groups in total. The van der Waals surface area contributed by atoms with Gasteiger partial charge in [-0.25, -0.2) is 8.42 Å². The maximum absolute atomic E-state index is 11.2. The summed E-state index contributed by atoms with van der Waals surface area (Å²) in [4.78, 5) is -2.43. The van der Waals surface area contributed by atoms with E-state index in [4.69, 9.17) is 0 Å². The van der Waals surface area contributed by atoms with Gasteiger partial charge in [0.1, 0.15) is 15.9 Å². The summed E-state index contributed by atoms with van der Waals surface area (Å²) in [5, 5.41) is 19.9. The average molecular weight is 483 g/mol. The van der Waals surface area contributed by atoms with E-state index in [2.05, 4.69) is 6.92 Å². The first kappa shape index (κ1) is 31.8. The van der Waals surface area contributed by atoms with Crippen LogP contribution in [0.2, 0.25) is 0 Å². The van der Waals surface area contributed by atoms with E-state index in [1.54, 1.807) is 0 Å². The van der Waals surface area contributed by atoms with Crippen LogP contribution in [-0.2, 0) is 10.1 Å². The number of hydrogen-bond donors (Lipinski definition) is 2. The molecule has 0 radical (unpaired) electrons. The van der Waals surface area contributed by atoms with Crippen LogP contribution in [-0.4, -0.2) is 28.1 Å². The van der Waals surface area contributed by atoms with E-state index in [0.717, 1.165) is 31.4 Å². The maximum Gasteiger partial charge on any atom is 1.00 e. The molecule has 0 saturated carbocycles. The molecular weight excluding hydrogens is 439 g/mol. The molecule has 0 aromatic heterocycles. The molecule has 0 fully saturated rings. The largest absolute Gasteiger partial charge is 1.00 e. The van der Waals surface area contributed by atoms with Gasteiger partial charge in [-0.3, -0.25) is 0 Å². The third kappa shape index (κ3) is 13.9. The molecule has 0 aromatic carbocycles. The van der Waals surface area contributed by atoms with Crippen LogP contribution in [0.4, 0.5) is 0 Å². The van der Waals surface area contributed by atoms with Gasteiger partial charge in [-0.1, -0.05) is 103 Å². The Kier molecular flexibility index (Phi) is 18.6. The SMILES string of the molecule is CCCCCCCCCCCCCCCCCCC1=C(O)C=CC(O)(S(=O)(=O)[O-])C1.[K+]. The zero-order valence-corrected chi connectivity index (χ0v) is 23.8. The number of rotatable bonds is 18. The van der Waals surface area contributed by atoms with Crippen molar-refractivity contribution in [3.05, 3.63) is 23.5 Å². The van der Waals surface area contributed by atoms with Gasteiger partial charge in [-0.05, 0) is 30.6 Å². The van der Waals surface area contributed by atoms with Crippen molar-refractivity contribution in [1.82, 2.24) is 0 Å². The molecule has 1 aliphatic carbocycles. The Hall–Kier alpha value is 0.786. The van der Waals surface area contributed by atoms with Gasteiger partial charge >= 0.3 is 51.4 Å². The van der Waals surface area contributed by atoms with Gasteiger partial charge in [0.25, 0.3) is 0 Å². The number of allylic oxidation sites excluding steroid dienone is 1. The van der Waals surface area contributed by atoms with E-state index in [1.807, 2.05) is 0 Å². The monoisotopic (exact) mass is 482 g/mol. The average Bonchev–Trinajstić information content (AvgIpc) is 2.69. The van der Waals surface area contributed by atoms with Crippen LogP contribution in [0.1, 0.15) is 122 Å². The van der Waals surface area contributed by atoms with Crippen molar-refractivity contribution in [2.24, 2.45) is 0 Å². The topological polar surface area (TPSA) is 97.7 Å². The minimum atomic E-state index is -4.87. The summed E-state index contributed by atoms with van der Waals surface area (Å²) in [6, 6.07) is 0. The van der Waals surface area contributed by atoms with Gasteiger partial charge in [0.05, 0.1) is 0 Å². The second-order valence-electron chi connectivity index (χ2n) is 8.85. The Morgan fingerprint density at radius 3 is 1.61 bits per heavy atom. The minimum Gasteiger partial charge on any atom is -0.745 e. The van der Waals surface area contributed by atoms with Crippen LogP contribution in [0.3, 0.4) is 0 Å². The molecule has 5 nitrogen and oxygen atoms in total. The summed E-state index contributed by atoms with van der Waals surface area (Å²) in [6.07, 6.45) is 22.6. The number of aliphatic hydroxyl groups excluding tert-OH is 1. The van der Waals surface area contributed by atoms with E-state index in [1.165, 1.54) is 83.5 Å². The van der Waals surface area contributed by atoms with E-state index < -0.39 is 15.1 Å². The molecule has 1 unspecified atom stereocenters. The molecule has 1 atom stereocenters. The van der Waals surface area contributed by atoms with Gasteiger partial charge < -0.3 is 14.8 Å². The fourth-order valence-electron chi connectivity index (χ4n) is 4.06. The predicted molar refractivity (Wildman–Crippen MR) is 122 cm³/mol. The van der Waals surface area contributed by atoms with Gasteiger partial charge in [0, 0.05) is 6.42 Å². The molecule has 1 rings (SSSR count). The van der Waals surface area contributed by atoms with Crippen molar-refractivity contribution in [2.45, 2.75) is 127 Å². The van der Waals surface area contributed by atoms with Crippen molar-refractivity contribution in [2.75, 3.05) is 0 Å². The summed E-state index contributed by atoms with van der Waals surface area (Å²) >= 11 is 0. The van der Waals surface area contributed by atoms with Crippen molar-refractivity contribution >= 4 is 10.1 Å². The number of hydrogen-bond acceptors (Lipinski definition) is 5. The molecular formula is C24H43KO5S. The fraction of sp³-hybridized carbons (Fsp3) is 0.833. The molecule has 1 aliphatic rings. The van der Waals surface area contributed by atoms with E-state index in [0.29, 0.717) is 12.0 Å². The van der Waals surface area contributed by atoms with Crippen LogP contribution < -0.4 is 51.4 Å². The summed E-state index contributed by atoms with van der Waals surface area (Å²) in [5.74, 6) is -0.0238. The summed E-state index contributed by atoms with van der Waals surface area (Å²) in [6.45, 7) is 2.26. The van der Waals surface area contributed by atoms with Gasteiger partial charge in [0.2, 0.25) is 0 Å². The first-order valence-corrected chi connectivity index (χ1v) is 13.5. The zero-order valence-electron chi connectivity index (χ0n) is 19.9. The number of aliphatic hydroxyl groups is 2. The molecule has 0 heterocycles. The first-order chi connectivity index (χ1) is 14.3. The molecule has 7 heteroatoms. The van der Waals surface area contributed by atoms with Gasteiger partial charge in [-0.2, -0.15) is 0 Å². The molecule has 0 saturated heterocycles. The third-order valence-electron chi connectivity index (χ3n) is 6.10. The number of unbranched alkanes of at least 4 members (excludes halogenated alkanes) is 15. The minimum absolute atomic E-state index is 0. The van der Waals surface area contributed by atoms with Crippen LogP contribution in [0.25, 0.3) is 0 Å². The van der Waals surface area contributed by atoms with Crippen molar-refractivity contribution in [3.63, 3.8) is 0 Å². The molecule has 31 heavy (non-hydrogen) atoms. The maximum atomic E-state index is 11.2. The molecule has 176 valence electrons. The van der Waals surface area contributed by atoms with E-state index in [-0.39, 0.29) is 63.6 Å². The Labute approximate surface area is 233 Å². The van der Waals surface area contributed by atoms with Crippen LogP contribution >= 0.6 is 0 Å².